The third kappa shape index (κ3) is 4.31. The Labute approximate surface area is 95.6 Å². The van der Waals surface area contributed by atoms with Crippen LogP contribution in [0.5, 0.6) is 5.75 Å². The van der Waals surface area contributed by atoms with E-state index in [1.54, 1.807) is 6.92 Å². The fourth-order valence-corrected chi connectivity index (χ4v) is 1.29. The quantitative estimate of drug-likeness (QED) is 0.739. The van der Waals surface area contributed by atoms with Gasteiger partial charge in [-0.2, -0.15) is 0 Å². The fraction of sp³-hybridized carbons (Fsp3) is 0.417. The van der Waals surface area contributed by atoms with Crippen molar-refractivity contribution < 1.29 is 14.3 Å². The van der Waals surface area contributed by atoms with Crippen LogP contribution in [0, 0.1) is 0 Å². The normalized spacial score (nSPS) is 9.88. The largest absolute Gasteiger partial charge is 0.482 e. The minimum absolute atomic E-state index is 0.0448. The molecule has 0 saturated carbocycles. The van der Waals surface area contributed by atoms with Gasteiger partial charge in [0.2, 0.25) is 0 Å². The molecule has 0 unspecified atom stereocenters. The van der Waals surface area contributed by atoms with Gasteiger partial charge in [-0.15, -0.1) is 0 Å². The summed E-state index contributed by atoms with van der Waals surface area (Å²) in [5.41, 5.74) is 1.11. The number of ether oxygens (including phenoxy) is 2. The number of carbonyl (C=O) groups excluding carboxylic acids is 1. The monoisotopic (exact) mass is 223 g/mol. The summed E-state index contributed by atoms with van der Waals surface area (Å²) < 4.78 is 10.1. The molecule has 0 heterocycles. The lowest BCUT2D eigenvalue weighted by Crippen LogP contribution is -2.14. The lowest BCUT2D eigenvalue weighted by Gasteiger charge is -2.07. The van der Waals surface area contributed by atoms with Gasteiger partial charge >= 0.3 is 5.97 Å². The third-order valence-electron chi connectivity index (χ3n) is 1.94. The second kappa shape index (κ2) is 6.85. The Morgan fingerprint density at radius 1 is 1.44 bits per heavy atom. The predicted octanol–water partition coefficient (Wildman–Crippen LogP) is 1.35. The molecule has 0 amide bonds. The molecule has 0 atom stereocenters. The number of esters is 1. The zero-order valence-electron chi connectivity index (χ0n) is 9.66. The summed E-state index contributed by atoms with van der Waals surface area (Å²) in [4.78, 5) is 11.1. The van der Waals surface area contributed by atoms with Gasteiger partial charge in [-0.3, -0.25) is 0 Å². The molecule has 0 aliphatic carbocycles. The summed E-state index contributed by atoms with van der Waals surface area (Å²) in [6, 6.07) is 7.61. The van der Waals surface area contributed by atoms with Crippen LogP contribution < -0.4 is 10.1 Å². The van der Waals surface area contributed by atoms with Crippen molar-refractivity contribution in [1.29, 1.82) is 0 Å². The van der Waals surface area contributed by atoms with Crippen LogP contribution in [0.25, 0.3) is 0 Å². The van der Waals surface area contributed by atoms with E-state index in [1.807, 2.05) is 31.3 Å². The highest BCUT2D eigenvalue weighted by Crippen LogP contribution is 2.13. The van der Waals surface area contributed by atoms with E-state index in [2.05, 4.69) is 5.32 Å². The minimum atomic E-state index is -0.346. The molecule has 0 bridgehead atoms. The summed E-state index contributed by atoms with van der Waals surface area (Å²) in [5, 5.41) is 3.05. The van der Waals surface area contributed by atoms with Crippen LogP contribution in [0.15, 0.2) is 24.3 Å². The van der Waals surface area contributed by atoms with Crippen LogP contribution in [-0.2, 0) is 16.1 Å². The Bertz CT molecular complexity index is 339. The first-order valence-electron chi connectivity index (χ1n) is 5.28. The SMILES string of the molecule is CCOC(=O)COc1cccc(CNC)c1. The maximum Gasteiger partial charge on any atom is 0.344 e. The summed E-state index contributed by atoms with van der Waals surface area (Å²) in [6.07, 6.45) is 0. The highest BCUT2D eigenvalue weighted by atomic mass is 16.6. The molecule has 16 heavy (non-hydrogen) atoms. The standard InChI is InChI=1S/C12H17NO3/c1-3-15-12(14)9-16-11-6-4-5-10(7-11)8-13-2/h4-7,13H,3,8-9H2,1-2H3. The highest BCUT2D eigenvalue weighted by molar-refractivity contribution is 5.71. The smallest absolute Gasteiger partial charge is 0.344 e. The molecule has 1 aromatic carbocycles. The van der Waals surface area contributed by atoms with Gasteiger partial charge in [0.15, 0.2) is 6.61 Å². The maximum atomic E-state index is 11.1. The van der Waals surface area contributed by atoms with Crippen LogP contribution in [0.1, 0.15) is 12.5 Å². The topological polar surface area (TPSA) is 47.6 Å². The lowest BCUT2D eigenvalue weighted by atomic mass is 10.2. The third-order valence-corrected chi connectivity index (χ3v) is 1.94. The average Bonchev–Trinajstić information content (AvgIpc) is 2.28. The molecule has 1 rings (SSSR count). The Morgan fingerprint density at radius 2 is 2.25 bits per heavy atom. The van der Waals surface area contributed by atoms with Crippen molar-refractivity contribution in [1.82, 2.24) is 5.32 Å². The van der Waals surface area contributed by atoms with E-state index in [0.29, 0.717) is 12.4 Å². The summed E-state index contributed by atoms with van der Waals surface area (Å²) in [6.45, 7) is 2.88. The minimum Gasteiger partial charge on any atom is -0.482 e. The van der Waals surface area contributed by atoms with Crippen molar-refractivity contribution in [3.05, 3.63) is 29.8 Å². The second-order valence-corrected chi connectivity index (χ2v) is 3.27. The van der Waals surface area contributed by atoms with Crippen LogP contribution in [-0.4, -0.2) is 26.2 Å². The predicted molar refractivity (Wildman–Crippen MR) is 61.3 cm³/mol. The summed E-state index contributed by atoms with van der Waals surface area (Å²) in [7, 11) is 1.88. The zero-order valence-corrected chi connectivity index (χ0v) is 9.66. The molecule has 0 fully saturated rings. The van der Waals surface area contributed by atoms with Crippen LogP contribution in [0.3, 0.4) is 0 Å². The van der Waals surface area contributed by atoms with Gasteiger partial charge in [-0.1, -0.05) is 12.1 Å². The van der Waals surface area contributed by atoms with Gasteiger partial charge in [0.1, 0.15) is 5.75 Å². The number of rotatable bonds is 6. The summed E-state index contributed by atoms with van der Waals surface area (Å²) >= 11 is 0. The van der Waals surface area contributed by atoms with Gasteiger partial charge in [-0.05, 0) is 31.7 Å². The van der Waals surface area contributed by atoms with Gasteiger partial charge in [0.05, 0.1) is 6.61 Å². The maximum absolute atomic E-state index is 11.1. The first kappa shape index (κ1) is 12.5. The van der Waals surface area contributed by atoms with Crippen molar-refractivity contribution >= 4 is 5.97 Å². The Balaban J connectivity index is 2.47. The van der Waals surface area contributed by atoms with Crippen LogP contribution >= 0.6 is 0 Å². The molecule has 0 saturated heterocycles. The van der Waals surface area contributed by atoms with Gasteiger partial charge < -0.3 is 14.8 Å². The van der Waals surface area contributed by atoms with E-state index < -0.39 is 0 Å². The van der Waals surface area contributed by atoms with Crippen molar-refractivity contribution in [2.24, 2.45) is 0 Å². The highest BCUT2D eigenvalue weighted by Gasteiger charge is 2.03. The summed E-state index contributed by atoms with van der Waals surface area (Å²) in [5.74, 6) is 0.335. The Hall–Kier alpha value is -1.55. The molecule has 1 aromatic rings. The van der Waals surface area contributed by atoms with E-state index in [-0.39, 0.29) is 12.6 Å². The van der Waals surface area contributed by atoms with E-state index in [0.717, 1.165) is 12.1 Å². The molecule has 0 aromatic heterocycles. The first-order valence-corrected chi connectivity index (χ1v) is 5.28. The molecule has 0 spiro atoms. The van der Waals surface area contributed by atoms with Gasteiger partial charge in [-0.25, -0.2) is 4.79 Å². The number of carbonyl (C=O) groups is 1. The molecule has 0 aliphatic rings. The van der Waals surface area contributed by atoms with Crippen molar-refractivity contribution in [2.75, 3.05) is 20.3 Å². The van der Waals surface area contributed by atoms with Gasteiger partial charge in [0.25, 0.3) is 0 Å². The Kier molecular flexibility index (Phi) is 5.36. The number of hydrogen-bond donors (Lipinski definition) is 1. The van der Waals surface area contributed by atoms with E-state index in [1.165, 1.54) is 0 Å². The van der Waals surface area contributed by atoms with Gasteiger partial charge in [0, 0.05) is 6.54 Å². The van der Waals surface area contributed by atoms with E-state index >= 15 is 0 Å². The molecule has 0 radical (unpaired) electrons. The average molecular weight is 223 g/mol. The lowest BCUT2D eigenvalue weighted by molar-refractivity contribution is -0.145. The molecule has 1 N–H and O–H groups in total. The van der Waals surface area contributed by atoms with E-state index in [9.17, 15) is 4.79 Å². The fourth-order valence-electron chi connectivity index (χ4n) is 1.29. The van der Waals surface area contributed by atoms with Crippen molar-refractivity contribution in [3.63, 3.8) is 0 Å². The molecule has 4 nitrogen and oxygen atoms in total. The van der Waals surface area contributed by atoms with Crippen LogP contribution in [0.2, 0.25) is 0 Å². The molecule has 88 valence electrons. The van der Waals surface area contributed by atoms with Crippen molar-refractivity contribution in [2.45, 2.75) is 13.5 Å². The first-order chi connectivity index (χ1) is 7.76. The van der Waals surface area contributed by atoms with Crippen LogP contribution in [0.4, 0.5) is 0 Å². The zero-order chi connectivity index (χ0) is 11.8. The van der Waals surface area contributed by atoms with Crippen molar-refractivity contribution in [3.8, 4) is 5.75 Å². The number of nitrogens with one attached hydrogen (secondary N) is 1. The molecular formula is C12H17NO3. The number of hydrogen-bond acceptors (Lipinski definition) is 4. The molecule has 4 heteroatoms. The second-order valence-electron chi connectivity index (χ2n) is 3.27. The number of benzene rings is 1. The molecular weight excluding hydrogens is 206 g/mol. The Morgan fingerprint density at radius 3 is 2.94 bits per heavy atom. The van der Waals surface area contributed by atoms with E-state index in [4.69, 9.17) is 9.47 Å². The molecule has 0 aliphatic heterocycles.